The molecule has 4 heteroatoms. The molecule has 1 aromatic carbocycles. The van der Waals surface area contributed by atoms with Gasteiger partial charge in [-0.25, -0.2) is 4.98 Å². The lowest BCUT2D eigenvalue weighted by Gasteiger charge is -2.07. The molecule has 0 amide bonds. The van der Waals surface area contributed by atoms with Gasteiger partial charge in [0.25, 0.3) is 0 Å². The predicted octanol–water partition coefficient (Wildman–Crippen LogP) is 4.03. The van der Waals surface area contributed by atoms with Gasteiger partial charge in [-0.05, 0) is 25.5 Å². The third-order valence-corrected chi connectivity index (χ3v) is 3.29. The molecule has 0 fully saturated rings. The van der Waals surface area contributed by atoms with Gasteiger partial charge in [0.2, 0.25) is 0 Å². The molecular weight excluding hydrogens is 244 g/mol. The van der Waals surface area contributed by atoms with Crippen LogP contribution in [0.5, 0.6) is 5.75 Å². The maximum Gasteiger partial charge on any atom is 0.183 e. The molecule has 0 spiro atoms. The molecule has 0 aliphatic rings. The summed E-state index contributed by atoms with van der Waals surface area (Å²) in [5.74, 6) is 0.896. The molecular formula is C14H18N2OS. The molecule has 0 aliphatic carbocycles. The molecule has 0 saturated carbocycles. The maximum absolute atomic E-state index is 5.63. The predicted molar refractivity (Wildman–Crippen MR) is 77.5 cm³/mol. The number of thiazole rings is 1. The number of aromatic nitrogens is 1. The quantitative estimate of drug-likeness (QED) is 0.853. The van der Waals surface area contributed by atoms with Gasteiger partial charge in [-0.2, -0.15) is 0 Å². The van der Waals surface area contributed by atoms with E-state index in [0.717, 1.165) is 35.1 Å². The molecule has 2 rings (SSSR count). The highest BCUT2D eigenvalue weighted by molar-refractivity contribution is 7.14. The number of hydrogen-bond acceptors (Lipinski definition) is 4. The Bertz CT molecular complexity index is 496. The Kier molecular flexibility index (Phi) is 4.59. The van der Waals surface area contributed by atoms with Crippen molar-refractivity contribution < 1.29 is 4.74 Å². The van der Waals surface area contributed by atoms with Crippen molar-refractivity contribution in [3.05, 3.63) is 29.6 Å². The van der Waals surface area contributed by atoms with Crippen LogP contribution < -0.4 is 10.1 Å². The van der Waals surface area contributed by atoms with Gasteiger partial charge in [0.05, 0.1) is 12.3 Å². The number of hydrogen-bond donors (Lipinski definition) is 1. The molecule has 2 aromatic rings. The van der Waals surface area contributed by atoms with Crippen molar-refractivity contribution >= 4 is 16.5 Å². The Balaban J connectivity index is 2.22. The van der Waals surface area contributed by atoms with E-state index in [-0.39, 0.29) is 0 Å². The molecule has 1 heterocycles. The van der Waals surface area contributed by atoms with Crippen LogP contribution in [0.15, 0.2) is 29.6 Å². The van der Waals surface area contributed by atoms with Crippen LogP contribution in [0.3, 0.4) is 0 Å². The first-order valence-electron chi connectivity index (χ1n) is 6.26. The highest BCUT2D eigenvalue weighted by Crippen LogP contribution is 2.32. The van der Waals surface area contributed by atoms with Gasteiger partial charge >= 0.3 is 0 Å². The van der Waals surface area contributed by atoms with Gasteiger partial charge in [-0.1, -0.05) is 19.1 Å². The largest absolute Gasteiger partial charge is 0.493 e. The van der Waals surface area contributed by atoms with E-state index in [1.54, 1.807) is 11.3 Å². The van der Waals surface area contributed by atoms with E-state index in [0.29, 0.717) is 6.61 Å². The van der Waals surface area contributed by atoms with Crippen LogP contribution in [-0.4, -0.2) is 18.1 Å². The Hall–Kier alpha value is -1.55. The molecule has 0 aliphatic heterocycles. The van der Waals surface area contributed by atoms with Crippen LogP contribution in [0, 0.1) is 0 Å². The van der Waals surface area contributed by atoms with E-state index in [2.05, 4.69) is 22.6 Å². The van der Waals surface area contributed by atoms with Crippen LogP contribution in [0.4, 0.5) is 5.13 Å². The molecule has 0 bridgehead atoms. The first kappa shape index (κ1) is 12.9. The summed E-state index contributed by atoms with van der Waals surface area (Å²) in [5.41, 5.74) is 2.03. The van der Waals surface area contributed by atoms with Crippen LogP contribution in [-0.2, 0) is 0 Å². The van der Waals surface area contributed by atoms with Crippen molar-refractivity contribution in [3.63, 3.8) is 0 Å². The van der Waals surface area contributed by atoms with E-state index in [1.165, 1.54) is 0 Å². The third-order valence-electron chi connectivity index (χ3n) is 2.49. The molecule has 0 radical (unpaired) electrons. The second-order valence-electron chi connectivity index (χ2n) is 3.89. The average Bonchev–Trinajstić information content (AvgIpc) is 2.86. The van der Waals surface area contributed by atoms with Gasteiger partial charge < -0.3 is 10.1 Å². The number of nitrogens with zero attached hydrogens (tertiary/aromatic N) is 1. The van der Waals surface area contributed by atoms with Crippen molar-refractivity contribution in [2.75, 3.05) is 18.5 Å². The van der Waals surface area contributed by atoms with Gasteiger partial charge in [-0.15, -0.1) is 11.3 Å². The lowest BCUT2D eigenvalue weighted by atomic mass is 10.1. The fourth-order valence-electron chi connectivity index (χ4n) is 1.67. The zero-order valence-corrected chi connectivity index (χ0v) is 11.6. The summed E-state index contributed by atoms with van der Waals surface area (Å²) in [6.45, 7) is 5.76. The minimum Gasteiger partial charge on any atom is -0.493 e. The monoisotopic (exact) mass is 262 g/mol. The molecule has 0 saturated heterocycles. The minimum atomic E-state index is 0.669. The number of rotatable bonds is 6. The zero-order valence-electron chi connectivity index (χ0n) is 10.8. The van der Waals surface area contributed by atoms with E-state index in [4.69, 9.17) is 4.74 Å². The molecule has 3 nitrogen and oxygen atoms in total. The van der Waals surface area contributed by atoms with Crippen molar-refractivity contribution in [2.24, 2.45) is 0 Å². The fourth-order valence-corrected chi connectivity index (χ4v) is 2.41. The summed E-state index contributed by atoms with van der Waals surface area (Å²) in [4.78, 5) is 4.59. The van der Waals surface area contributed by atoms with Gasteiger partial charge in [0.15, 0.2) is 5.13 Å². The number of benzene rings is 1. The summed E-state index contributed by atoms with van der Waals surface area (Å²) >= 11 is 1.63. The van der Waals surface area contributed by atoms with Crippen molar-refractivity contribution in [3.8, 4) is 17.0 Å². The Morgan fingerprint density at radius 2 is 2.11 bits per heavy atom. The van der Waals surface area contributed by atoms with Crippen molar-refractivity contribution in [2.45, 2.75) is 20.3 Å². The Morgan fingerprint density at radius 3 is 2.89 bits per heavy atom. The topological polar surface area (TPSA) is 34.2 Å². The number of nitrogens with one attached hydrogen (secondary N) is 1. The third kappa shape index (κ3) is 3.01. The number of ether oxygens (including phenoxy) is 1. The SMILES string of the molecule is CCCNc1nc(-c2ccccc2OCC)cs1. The van der Waals surface area contributed by atoms with Crippen LogP contribution in [0.1, 0.15) is 20.3 Å². The van der Waals surface area contributed by atoms with E-state index < -0.39 is 0 Å². The van der Waals surface area contributed by atoms with Gasteiger partial charge in [0, 0.05) is 17.5 Å². The second kappa shape index (κ2) is 6.40. The zero-order chi connectivity index (χ0) is 12.8. The first-order chi connectivity index (χ1) is 8.85. The van der Waals surface area contributed by atoms with E-state index in [9.17, 15) is 0 Å². The standard InChI is InChI=1S/C14H18N2OS/c1-3-9-15-14-16-12(10-18-14)11-7-5-6-8-13(11)17-4-2/h5-8,10H,3-4,9H2,1-2H3,(H,15,16). The van der Waals surface area contributed by atoms with Crippen LogP contribution >= 0.6 is 11.3 Å². The highest BCUT2D eigenvalue weighted by Gasteiger charge is 2.09. The van der Waals surface area contributed by atoms with Crippen LogP contribution in [0.2, 0.25) is 0 Å². The Morgan fingerprint density at radius 1 is 1.28 bits per heavy atom. The van der Waals surface area contributed by atoms with E-state index >= 15 is 0 Å². The summed E-state index contributed by atoms with van der Waals surface area (Å²) in [7, 11) is 0. The molecule has 1 aromatic heterocycles. The lowest BCUT2D eigenvalue weighted by molar-refractivity contribution is 0.341. The molecule has 18 heavy (non-hydrogen) atoms. The van der Waals surface area contributed by atoms with Gasteiger partial charge in [0.1, 0.15) is 5.75 Å². The Labute approximate surface area is 112 Å². The summed E-state index contributed by atoms with van der Waals surface area (Å²) < 4.78 is 5.63. The molecule has 0 unspecified atom stereocenters. The number of para-hydroxylation sites is 1. The minimum absolute atomic E-state index is 0.669. The summed E-state index contributed by atoms with van der Waals surface area (Å²) in [5, 5.41) is 6.34. The fraction of sp³-hybridized carbons (Fsp3) is 0.357. The molecule has 1 N–H and O–H groups in total. The lowest BCUT2D eigenvalue weighted by Crippen LogP contribution is -1.98. The normalized spacial score (nSPS) is 10.3. The summed E-state index contributed by atoms with van der Waals surface area (Å²) in [6.07, 6.45) is 1.10. The van der Waals surface area contributed by atoms with Crippen molar-refractivity contribution in [1.29, 1.82) is 0 Å². The summed E-state index contributed by atoms with van der Waals surface area (Å²) in [6, 6.07) is 8.02. The highest BCUT2D eigenvalue weighted by atomic mass is 32.1. The van der Waals surface area contributed by atoms with Crippen molar-refractivity contribution in [1.82, 2.24) is 4.98 Å². The smallest absolute Gasteiger partial charge is 0.183 e. The number of anilines is 1. The molecule has 96 valence electrons. The van der Waals surface area contributed by atoms with Crippen LogP contribution in [0.25, 0.3) is 11.3 Å². The first-order valence-corrected chi connectivity index (χ1v) is 7.14. The average molecular weight is 262 g/mol. The van der Waals surface area contributed by atoms with E-state index in [1.807, 2.05) is 31.2 Å². The van der Waals surface area contributed by atoms with Gasteiger partial charge in [-0.3, -0.25) is 0 Å². The second-order valence-corrected chi connectivity index (χ2v) is 4.75. The molecule has 0 atom stereocenters. The maximum atomic E-state index is 5.63.